The molecule has 0 amide bonds. The van der Waals surface area contributed by atoms with Crippen LogP contribution in [0.2, 0.25) is 0 Å². The van der Waals surface area contributed by atoms with Crippen molar-refractivity contribution < 1.29 is 14.7 Å². The first-order valence-electron chi connectivity index (χ1n) is 4.84. The molecule has 0 saturated heterocycles. The largest absolute Gasteiger partial charge is 0.478 e. The molecule has 1 aromatic heterocycles. The minimum Gasteiger partial charge on any atom is -0.478 e. The highest BCUT2D eigenvalue weighted by Gasteiger charge is 2.17. The molecule has 4 nitrogen and oxygen atoms in total. The summed E-state index contributed by atoms with van der Waals surface area (Å²) in [4.78, 5) is 22.5. The van der Waals surface area contributed by atoms with Crippen LogP contribution in [0.3, 0.4) is 0 Å². The number of aromatic carboxylic acids is 1. The number of benzene rings is 1. The van der Waals surface area contributed by atoms with E-state index in [1.807, 2.05) is 0 Å². The van der Waals surface area contributed by atoms with Gasteiger partial charge in [0, 0.05) is 29.7 Å². The van der Waals surface area contributed by atoms with Gasteiger partial charge in [0.25, 0.3) is 0 Å². The third-order valence-corrected chi connectivity index (χ3v) is 2.62. The molecule has 0 aliphatic carbocycles. The molecule has 1 N–H and O–H groups in total. The lowest BCUT2D eigenvalue weighted by molar-refractivity contribution is 0.0699. The first kappa shape index (κ1) is 10.4. The Kier molecular flexibility index (Phi) is 2.27. The summed E-state index contributed by atoms with van der Waals surface area (Å²) in [5.74, 6) is -1.14. The van der Waals surface area contributed by atoms with Crippen molar-refractivity contribution in [1.82, 2.24) is 4.57 Å². The monoisotopic (exact) mass is 217 g/mol. The van der Waals surface area contributed by atoms with Crippen LogP contribution in [0.1, 0.15) is 27.6 Å². The standard InChI is InChI=1S/C12H11NO3/c1-7(14)9-6-13(2)10-5-3-4-8(11(9)10)12(15)16/h3-6H,1-2H3,(H,15,16). The number of aryl methyl sites for hydroxylation is 1. The highest BCUT2D eigenvalue weighted by Crippen LogP contribution is 2.25. The topological polar surface area (TPSA) is 59.3 Å². The maximum absolute atomic E-state index is 11.4. The summed E-state index contributed by atoms with van der Waals surface area (Å²) in [7, 11) is 1.79. The fourth-order valence-corrected chi connectivity index (χ4v) is 1.89. The lowest BCUT2D eigenvalue weighted by Gasteiger charge is -2.00. The van der Waals surface area contributed by atoms with Crippen molar-refractivity contribution in [3.05, 3.63) is 35.5 Å². The number of rotatable bonds is 2. The molecule has 2 rings (SSSR count). The van der Waals surface area contributed by atoms with Crippen molar-refractivity contribution in [2.45, 2.75) is 6.92 Å². The summed E-state index contributed by atoms with van der Waals surface area (Å²) in [6.45, 7) is 1.44. The number of hydrogen-bond donors (Lipinski definition) is 1. The number of ketones is 1. The Morgan fingerprint density at radius 1 is 1.25 bits per heavy atom. The average molecular weight is 217 g/mol. The van der Waals surface area contributed by atoms with E-state index in [0.717, 1.165) is 5.52 Å². The number of carbonyl (C=O) groups is 2. The summed E-state index contributed by atoms with van der Waals surface area (Å²) in [6, 6.07) is 4.99. The zero-order valence-electron chi connectivity index (χ0n) is 9.02. The molecule has 0 atom stereocenters. The summed E-state index contributed by atoms with van der Waals surface area (Å²) >= 11 is 0. The molecule has 0 fully saturated rings. The zero-order valence-corrected chi connectivity index (χ0v) is 9.02. The molecule has 2 aromatic rings. The minimum absolute atomic E-state index is 0.126. The number of carbonyl (C=O) groups excluding carboxylic acids is 1. The van der Waals surface area contributed by atoms with Crippen LogP contribution < -0.4 is 0 Å². The molecular formula is C12H11NO3. The molecule has 0 aliphatic rings. The lowest BCUT2D eigenvalue weighted by atomic mass is 10.0. The first-order chi connectivity index (χ1) is 7.52. The van der Waals surface area contributed by atoms with Crippen molar-refractivity contribution in [2.24, 2.45) is 7.05 Å². The molecule has 0 aliphatic heterocycles. The van der Waals surface area contributed by atoms with Crippen LogP contribution in [0.15, 0.2) is 24.4 Å². The molecule has 4 heteroatoms. The number of nitrogens with zero attached hydrogens (tertiary/aromatic N) is 1. The number of hydrogen-bond acceptors (Lipinski definition) is 2. The van der Waals surface area contributed by atoms with Gasteiger partial charge in [0.05, 0.1) is 5.56 Å². The van der Waals surface area contributed by atoms with Crippen LogP contribution >= 0.6 is 0 Å². The number of aromatic nitrogens is 1. The molecule has 1 aromatic carbocycles. The highest BCUT2D eigenvalue weighted by molar-refractivity contribution is 6.14. The van der Waals surface area contributed by atoms with Crippen molar-refractivity contribution in [1.29, 1.82) is 0 Å². The third-order valence-electron chi connectivity index (χ3n) is 2.62. The van der Waals surface area contributed by atoms with E-state index in [4.69, 9.17) is 5.11 Å². The van der Waals surface area contributed by atoms with Crippen LogP contribution in [0, 0.1) is 0 Å². The Morgan fingerprint density at radius 2 is 1.94 bits per heavy atom. The van der Waals surface area contributed by atoms with Gasteiger partial charge in [-0.2, -0.15) is 0 Å². The van der Waals surface area contributed by atoms with Crippen LogP contribution in [0.5, 0.6) is 0 Å². The van der Waals surface area contributed by atoms with Crippen molar-refractivity contribution in [3.8, 4) is 0 Å². The molecular weight excluding hydrogens is 206 g/mol. The fraction of sp³-hybridized carbons (Fsp3) is 0.167. The Bertz CT molecular complexity index is 596. The van der Waals surface area contributed by atoms with Gasteiger partial charge in [-0.3, -0.25) is 4.79 Å². The Hall–Kier alpha value is -2.10. The van der Waals surface area contributed by atoms with Gasteiger partial charge >= 0.3 is 5.97 Å². The van der Waals surface area contributed by atoms with E-state index in [1.54, 1.807) is 29.9 Å². The molecule has 1 heterocycles. The SMILES string of the molecule is CC(=O)c1cn(C)c2cccc(C(=O)O)c12. The van der Waals surface area contributed by atoms with Gasteiger partial charge in [0.1, 0.15) is 0 Å². The van der Waals surface area contributed by atoms with E-state index in [2.05, 4.69) is 0 Å². The predicted octanol–water partition coefficient (Wildman–Crippen LogP) is 2.08. The second kappa shape index (κ2) is 3.48. The van der Waals surface area contributed by atoms with E-state index in [-0.39, 0.29) is 11.3 Å². The molecule has 0 saturated carbocycles. The Morgan fingerprint density at radius 3 is 2.50 bits per heavy atom. The van der Waals surface area contributed by atoms with Gasteiger partial charge in [0.2, 0.25) is 0 Å². The van der Waals surface area contributed by atoms with E-state index >= 15 is 0 Å². The number of carboxylic acids is 1. The van der Waals surface area contributed by atoms with Gasteiger partial charge < -0.3 is 9.67 Å². The van der Waals surface area contributed by atoms with Crippen LogP contribution in [0.4, 0.5) is 0 Å². The van der Waals surface area contributed by atoms with Crippen molar-refractivity contribution >= 4 is 22.7 Å². The van der Waals surface area contributed by atoms with E-state index in [0.29, 0.717) is 10.9 Å². The minimum atomic E-state index is -1.01. The quantitative estimate of drug-likeness (QED) is 0.783. The van der Waals surface area contributed by atoms with Gasteiger partial charge in [-0.1, -0.05) is 6.07 Å². The Balaban J connectivity index is 2.93. The molecule has 0 unspecified atom stereocenters. The predicted molar refractivity (Wildman–Crippen MR) is 59.9 cm³/mol. The molecule has 82 valence electrons. The third kappa shape index (κ3) is 1.39. The number of fused-ring (bicyclic) bond motifs is 1. The maximum Gasteiger partial charge on any atom is 0.336 e. The second-order valence-electron chi connectivity index (χ2n) is 3.71. The van der Waals surface area contributed by atoms with Gasteiger partial charge in [-0.15, -0.1) is 0 Å². The van der Waals surface area contributed by atoms with E-state index in [9.17, 15) is 9.59 Å². The number of Topliss-reactive ketones (excluding diaryl/α,β-unsaturated/α-hetero) is 1. The van der Waals surface area contributed by atoms with Gasteiger partial charge in [-0.05, 0) is 19.1 Å². The molecule has 0 radical (unpaired) electrons. The lowest BCUT2D eigenvalue weighted by Crippen LogP contribution is -1.99. The fourth-order valence-electron chi connectivity index (χ4n) is 1.89. The average Bonchev–Trinajstić information content (AvgIpc) is 2.56. The zero-order chi connectivity index (χ0) is 11.9. The van der Waals surface area contributed by atoms with E-state index < -0.39 is 5.97 Å². The van der Waals surface area contributed by atoms with Gasteiger partial charge in [-0.25, -0.2) is 4.79 Å². The smallest absolute Gasteiger partial charge is 0.336 e. The van der Waals surface area contributed by atoms with Crippen LogP contribution in [-0.2, 0) is 7.05 Å². The molecule has 0 bridgehead atoms. The van der Waals surface area contributed by atoms with Crippen LogP contribution in [0.25, 0.3) is 10.9 Å². The second-order valence-corrected chi connectivity index (χ2v) is 3.71. The Labute approximate surface area is 92.1 Å². The highest BCUT2D eigenvalue weighted by atomic mass is 16.4. The van der Waals surface area contributed by atoms with E-state index in [1.165, 1.54) is 13.0 Å². The van der Waals surface area contributed by atoms with Crippen molar-refractivity contribution in [2.75, 3.05) is 0 Å². The summed E-state index contributed by atoms with van der Waals surface area (Å²) in [6.07, 6.45) is 1.67. The number of carboxylic acid groups (broad SMARTS) is 1. The molecule has 16 heavy (non-hydrogen) atoms. The van der Waals surface area contributed by atoms with Crippen LogP contribution in [-0.4, -0.2) is 21.4 Å². The first-order valence-corrected chi connectivity index (χ1v) is 4.84. The summed E-state index contributed by atoms with van der Waals surface area (Å²) < 4.78 is 1.76. The maximum atomic E-state index is 11.4. The summed E-state index contributed by atoms with van der Waals surface area (Å²) in [5, 5.41) is 9.60. The molecule has 0 spiro atoms. The van der Waals surface area contributed by atoms with Crippen molar-refractivity contribution in [3.63, 3.8) is 0 Å². The summed E-state index contributed by atoms with van der Waals surface area (Å²) in [5.41, 5.74) is 1.38. The van der Waals surface area contributed by atoms with Gasteiger partial charge in [0.15, 0.2) is 5.78 Å². The normalized spacial score (nSPS) is 10.6.